The summed E-state index contributed by atoms with van der Waals surface area (Å²) in [5.74, 6) is 0. The van der Waals surface area contributed by atoms with Crippen molar-refractivity contribution in [1.29, 1.82) is 0 Å². The van der Waals surface area contributed by atoms with E-state index in [9.17, 15) is 0 Å². The summed E-state index contributed by atoms with van der Waals surface area (Å²) >= 11 is 7.32. The normalized spacial score (nSPS) is 30.0. The summed E-state index contributed by atoms with van der Waals surface area (Å²) in [6.45, 7) is 4.70. The highest BCUT2D eigenvalue weighted by molar-refractivity contribution is 9.25. The molecular formula is C8H14Br2. The second-order valence-electron chi connectivity index (χ2n) is 4.02. The maximum absolute atomic E-state index is 3.66. The van der Waals surface area contributed by atoms with E-state index < -0.39 is 0 Å². The van der Waals surface area contributed by atoms with E-state index in [1.54, 1.807) is 0 Å². The Morgan fingerprint density at radius 3 is 1.60 bits per heavy atom. The Morgan fingerprint density at radius 2 is 1.30 bits per heavy atom. The van der Waals surface area contributed by atoms with E-state index in [-0.39, 0.29) is 3.23 Å². The van der Waals surface area contributed by atoms with Gasteiger partial charge in [-0.1, -0.05) is 45.7 Å². The lowest BCUT2D eigenvalue weighted by atomic mass is 9.77. The van der Waals surface area contributed by atoms with Crippen LogP contribution < -0.4 is 0 Å². The molecule has 1 fully saturated rings. The van der Waals surface area contributed by atoms with Crippen LogP contribution >= 0.6 is 31.9 Å². The molecule has 0 atom stereocenters. The van der Waals surface area contributed by atoms with Gasteiger partial charge >= 0.3 is 0 Å². The van der Waals surface area contributed by atoms with Crippen LogP contribution in [0.15, 0.2) is 0 Å². The Hall–Kier alpha value is 0.960. The summed E-state index contributed by atoms with van der Waals surface area (Å²) in [6, 6.07) is 0. The van der Waals surface area contributed by atoms with Gasteiger partial charge in [0.25, 0.3) is 0 Å². The molecule has 2 heteroatoms. The SMILES string of the molecule is CC1(C)CCC(Br)(Br)CC1. The number of alkyl halides is 2. The van der Waals surface area contributed by atoms with Gasteiger partial charge in [0.1, 0.15) is 0 Å². The summed E-state index contributed by atoms with van der Waals surface area (Å²) < 4.78 is 0.259. The minimum Gasteiger partial charge on any atom is -0.0727 e. The molecule has 1 aliphatic carbocycles. The lowest BCUT2D eigenvalue weighted by Gasteiger charge is -2.36. The van der Waals surface area contributed by atoms with Gasteiger partial charge in [0.15, 0.2) is 0 Å². The molecule has 0 bridgehead atoms. The molecule has 0 nitrogen and oxygen atoms in total. The van der Waals surface area contributed by atoms with E-state index in [0.717, 1.165) is 0 Å². The smallest absolute Gasteiger partial charge is 0.0727 e. The van der Waals surface area contributed by atoms with Crippen LogP contribution in [0, 0.1) is 5.41 Å². The molecule has 10 heavy (non-hydrogen) atoms. The largest absolute Gasteiger partial charge is 0.0806 e. The fourth-order valence-electron chi connectivity index (χ4n) is 1.29. The van der Waals surface area contributed by atoms with Gasteiger partial charge < -0.3 is 0 Å². The van der Waals surface area contributed by atoms with E-state index in [1.807, 2.05) is 0 Å². The zero-order valence-corrected chi connectivity index (χ0v) is 9.76. The van der Waals surface area contributed by atoms with Crippen molar-refractivity contribution in [2.24, 2.45) is 5.41 Å². The quantitative estimate of drug-likeness (QED) is 0.582. The lowest BCUT2D eigenvalue weighted by Crippen LogP contribution is -2.26. The first-order valence-electron chi connectivity index (χ1n) is 3.79. The summed E-state index contributed by atoms with van der Waals surface area (Å²) in [5, 5.41) is 0. The van der Waals surface area contributed by atoms with E-state index in [4.69, 9.17) is 0 Å². The third-order valence-electron chi connectivity index (χ3n) is 2.34. The topological polar surface area (TPSA) is 0 Å². The molecule has 0 saturated heterocycles. The van der Waals surface area contributed by atoms with Crippen LogP contribution in [0.4, 0.5) is 0 Å². The van der Waals surface area contributed by atoms with Crippen LogP contribution in [-0.4, -0.2) is 3.23 Å². The summed E-state index contributed by atoms with van der Waals surface area (Å²) in [4.78, 5) is 0. The first-order valence-corrected chi connectivity index (χ1v) is 5.38. The fraction of sp³-hybridized carbons (Fsp3) is 1.00. The third-order valence-corrected chi connectivity index (χ3v) is 3.92. The van der Waals surface area contributed by atoms with Crippen molar-refractivity contribution in [2.75, 3.05) is 0 Å². The predicted octanol–water partition coefficient (Wildman–Crippen LogP) is 4.07. The van der Waals surface area contributed by atoms with Gasteiger partial charge in [0, 0.05) is 0 Å². The van der Waals surface area contributed by atoms with Crippen molar-refractivity contribution in [3.63, 3.8) is 0 Å². The highest BCUT2D eigenvalue weighted by Crippen LogP contribution is 2.47. The average molecular weight is 270 g/mol. The molecule has 1 saturated carbocycles. The van der Waals surface area contributed by atoms with Crippen molar-refractivity contribution in [3.8, 4) is 0 Å². The van der Waals surface area contributed by atoms with Crippen LogP contribution in [0.5, 0.6) is 0 Å². The van der Waals surface area contributed by atoms with Gasteiger partial charge in [-0.2, -0.15) is 0 Å². The molecule has 0 aromatic rings. The minimum atomic E-state index is 0.259. The van der Waals surface area contributed by atoms with E-state index in [0.29, 0.717) is 5.41 Å². The summed E-state index contributed by atoms with van der Waals surface area (Å²) in [6.07, 6.45) is 5.15. The second-order valence-corrected chi connectivity index (χ2v) is 8.12. The first kappa shape index (κ1) is 9.05. The van der Waals surface area contributed by atoms with Crippen LogP contribution in [0.3, 0.4) is 0 Å². The molecule has 0 aromatic carbocycles. The van der Waals surface area contributed by atoms with Crippen molar-refractivity contribution in [2.45, 2.75) is 42.8 Å². The van der Waals surface area contributed by atoms with Crippen molar-refractivity contribution in [1.82, 2.24) is 0 Å². The Kier molecular flexibility index (Phi) is 2.52. The van der Waals surface area contributed by atoms with Gasteiger partial charge in [-0.3, -0.25) is 0 Å². The molecule has 0 aromatic heterocycles. The third kappa shape index (κ3) is 2.54. The van der Waals surface area contributed by atoms with Gasteiger partial charge in [-0.15, -0.1) is 0 Å². The number of rotatable bonds is 0. The zero-order chi connectivity index (χ0) is 7.83. The number of hydrogen-bond acceptors (Lipinski definition) is 0. The van der Waals surface area contributed by atoms with Gasteiger partial charge in [-0.05, 0) is 31.1 Å². The Bertz CT molecular complexity index is 99.2. The highest BCUT2D eigenvalue weighted by Gasteiger charge is 2.33. The Balaban J connectivity index is 2.46. The lowest BCUT2D eigenvalue weighted by molar-refractivity contribution is 0.244. The molecule has 0 amide bonds. The summed E-state index contributed by atoms with van der Waals surface area (Å²) in [5.41, 5.74) is 0.574. The molecule has 60 valence electrons. The van der Waals surface area contributed by atoms with Crippen LogP contribution in [0.2, 0.25) is 0 Å². The van der Waals surface area contributed by atoms with Gasteiger partial charge in [0.2, 0.25) is 0 Å². The van der Waals surface area contributed by atoms with Crippen LogP contribution in [0.25, 0.3) is 0 Å². The number of hydrogen-bond donors (Lipinski definition) is 0. The minimum absolute atomic E-state index is 0.259. The highest BCUT2D eigenvalue weighted by atomic mass is 79.9. The molecule has 0 spiro atoms. The fourth-order valence-corrected chi connectivity index (χ4v) is 2.09. The molecule has 0 radical (unpaired) electrons. The Morgan fingerprint density at radius 1 is 0.900 bits per heavy atom. The zero-order valence-electron chi connectivity index (χ0n) is 6.58. The van der Waals surface area contributed by atoms with E-state index in [1.165, 1.54) is 25.7 Å². The van der Waals surface area contributed by atoms with E-state index in [2.05, 4.69) is 45.7 Å². The van der Waals surface area contributed by atoms with Gasteiger partial charge in [0.05, 0.1) is 3.23 Å². The molecule has 0 aliphatic heterocycles. The monoisotopic (exact) mass is 268 g/mol. The van der Waals surface area contributed by atoms with Crippen LogP contribution in [-0.2, 0) is 0 Å². The second kappa shape index (κ2) is 2.78. The molecule has 0 N–H and O–H groups in total. The first-order chi connectivity index (χ1) is 4.41. The van der Waals surface area contributed by atoms with Crippen molar-refractivity contribution in [3.05, 3.63) is 0 Å². The Labute approximate surface area is 80.0 Å². The maximum atomic E-state index is 3.66. The molecule has 0 heterocycles. The van der Waals surface area contributed by atoms with Gasteiger partial charge in [-0.25, -0.2) is 0 Å². The maximum Gasteiger partial charge on any atom is 0.0806 e. The number of halogens is 2. The molecular weight excluding hydrogens is 256 g/mol. The van der Waals surface area contributed by atoms with Crippen molar-refractivity contribution < 1.29 is 0 Å². The van der Waals surface area contributed by atoms with Crippen molar-refractivity contribution >= 4 is 31.9 Å². The molecule has 0 unspecified atom stereocenters. The molecule has 1 rings (SSSR count). The average Bonchev–Trinajstić information content (AvgIpc) is 1.79. The summed E-state index contributed by atoms with van der Waals surface area (Å²) in [7, 11) is 0. The predicted molar refractivity (Wildman–Crippen MR) is 52.8 cm³/mol. The van der Waals surface area contributed by atoms with E-state index >= 15 is 0 Å². The van der Waals surface area contributed by atoms with Crippen LogP contribution in [0.1, 0.15) is 39.5 Å². The standard InChI is InChI=1S/C8H14Br2/c1-7(2)3-5-8(9,10)6-4-7/h3-6H2,1-2H3. The molecule has 1 aliphatic rings.